The fourth-order valence-electron chi connectivity index (χ4n) is 0.815. The van der Waals surface area contributed by atoms with Gasteiger partial charge in [-0.3, -0.25) is 0 Å². The zero-order valence-electron chi connectivity index (χ0n) is 7.80. The van der Waals surface area contributed by atoms with Gasteiger partial charge in [0.05, 0.1) is 7.11 Å². The number of halogens is 1. The van der Waals surface area contributed by atoms with Gasteiger partial charge in [-0.2, -0.15) is 4.39 Å². The van der Waals surface area contributed by atoms with Crippen LogP contribution in [0.3, 0.4) is 0 Å². The monoisotopic (exact) mass is 193 g/mol. The number of carbonyl (C=O) groups is 1. The van der Waals surface area contributed by atoms with Gasteiger partial charge < -0.3 is 4.74 Å². The summed E-state index contributed by atoms with van der Waals surface area (Å²) >= 11 is 0. The molecular weight excluding hydrogens is 185 g/mol. The lowest BCUT2D eigenvalue weighted by Gasteiger charge is -1.96. The molecule has 0 aliphatic heterocycles. The fourth-order valence-corrected chi connectivity index (χ4v) is 0.815. The predicted octanol–water partition coefficient (Wildman–Crippen LogP) is 1.05. The topological polar surface area (TPSA) is 39.2 Å². The minimum atomic E-state index is -0.651. The van der Waals surface area contributed by atoms with Crippen molar-refractivity contribution in [2.24, 2.45) is 0 Å². The van der Waals surface area contributed by atoms with Crippen molar-refractivity contribution in [3.05, 3.63) is 29.3 Å². The van der Waals surface area contributed by atoms with Crippen molar-refractivity contribution in [2.45, 2.75) is 6.92 Å². The maximum atomic E-state index is 12.9. The molecule has 72 valence electrons. The Kier molecular flexibility index (Phi) is 3.19. The van der Waals surface area contributed by atoms with Gasteiger partial charge in [0.1, 0.15) is 0 Å². The molecule has 0 aliphatic carbocycles. The van der Waals surface area contributed by atoms with Crippen molar-refractivity contribution in [1.29, 1.82) is 0 Å². The fraction of sp³-hybridized carbons (Fsp3) is 0.200. The molecule has 0 bridgehead atoms. The summed E-state index contributed by atoms with van der Waals surface area (Å²) in [5, 5.41) is 0. The number of carbonyl (C=O) groups excluding carboxylic acids is 1. The second kappa shape index (κ2) is 4.38. The first-order chi connectivity index (χ1) is 6.65. The highest BCUT2D eigenvalue weighted by Gasteiger charge is 2.01. The summed E-state index contributed by atoms with van der Waals surface area (Å²) < 4.78 is 17.2. The standard InChI is InChI=1S/C10H8FNO2/c1-7-8(3-4-9(13)14-2)5-6-12-10(7)11/h5-6H,1-2H3. The summed E-state index contributed by atoms with van der Waals surface area (Å²) in [6.45, 7) is 1.55. The van der Waals surface area contributed by atoms with Crippen molar-refractivity contribution in [1.82, 2.24) is 4.98 Å². The van der Waals surface area contributed by atoms with Crippen molar-refractivity contribution in [3.8, 4) is 11.8 Å². The Hall–Kier alpha value is -1.89. The number of pyridine rings is 1. The van der Waals surface area contributed by atoms with Gasteiger partial charge in [-0.1, -0.05) is 5.92 Å². The van der Waals surface area contributed by atoms with Crippen LogP contribution in [0.2, 0.25) is 0 Å². The molecule has 1 heterocycles. The Labute approximate surface area is 80.9 Å². The quantitative estimate of drug-likeness (QED) is 0.351. The zero-order chi connectivity index (χ0) is 10.6. The maximum Gasteiger partial charge on any atom is 0.384 e. The lowest BCUT2D eigenvalue weighted by molar-refractivity contribution is -0.133. The van der Waals surface area contributed by atoms with E-state index in [-0.39, 0.29) is 0 Å². The predicted molar refractivity (Wildman–Crippen MR) is 47.8 cm³/mol. The van der Waals surface area contributed by atoms with Crippen LogP contribution in [-0.2, 0) is 9.53 Å². The molecule has 0 aliphatic rings. The third-order valence-electron chi connectivity index (χ3n) is 1.63. The average Bonchev–Trinajstić information content (AvgIpc) is 2.20. The van der Waals surface area contributed by atoms with Gasteiger partial charge in [-0.25, -0.2) is 9.78 Å². The van der Waals surface area contributed by atoms with E-state index in [0.717, 1.165) is 0 Å². The molecule has 14 heavy (non-hydrogen) atoms. The SMILES string of the molecule is COC(=O)C#Cc1ccnc(F)c1C. The molecule has 1 rings (SSSR count). The van der Waals surface area contributed by atoms with E-state index in [1.165, 1.54) is 19.4 Å². The van der Waals surface area contributed by atoms with Gasteiger partial charge in [-0.05, 0) is 13.0 Å². The Morgan fingerprint density at radius 2 is 2.36 bits per heavy atom. The van der Waals surface area contributed by atoms with Crippen LogP contribution < -0.4 is 0 Å². The van der Waals surface area contributed by atoms with E-state index in [4.69, 9.17) is 0 Å². The van der Waals surface area contributed by atoms with Crippen LogP contribution in [0.1, 0.15) is 11.1 Å². The van der Waals surface area contributed by atoms with Gasteiger partial charge in [0.15, 0.2) is 0 Å². The van der Waals surface area contributed by atoms with Crippen LogP contribution in [0.25, 0.3) is 0 Å². The number of rotatable bonds is 0. The third kappa shape index (κ3) is 2.30. The summed E-state index contributed by atoms with van der Waals surface area (Å²) in [4.78, 5) is 14.1. The molecule has 1 aromatic rings. The molecule has 0 saturated heterocycles. The Balaban J connectivity index is 3.01. The maximum absolute atomic E-state index is 12.9. The Morgan fingerprint density at radius 3 is 3.00 bits per heavy atom. The van der Waals surface area contributed by atoms with Crippen LogP contribution >= 0.6 is 0 Å². The number of aromatic nitrogens is 1. The largest absolute Gasteiger partial charge is 0.459 e. The molecule has 0 unspecified atom stereocenters. The molecule has 3 nitrogen and oxygen atoms in total. The molecule has 0 amide bonds. The first-order valence-corrected chi connectivity index (χ1v) is 3.86. The molecule has 0 aromatic carbocycles. The second-order valence-electron chi connectivity index (χ2n) is 2.52. The van der Waals surface area contributed by atoms with E-state index in [9.17, 15) is 9.18 Å². The number of nitrogens with zero attached hydrogens (tertiary/aromatic N) is 1. The van der Waals surface area contributed by atoms with Crippen LogP contribution in [0, 0.1) is 24.7 Å². The summed E-state index contributed by atoms with van der Waals surface area (Å²) in [5.41, 5.74) is 0.756. The Morgan fingerprint density at radius 1 is 1.64 bits per heavy atom. The zero-order valence-corrected chi connectivity index (χ0v) is 7.80. The van der Waals surface area contributed by atoms with Crippen molar-refractivity contribution < 1.29 is 13.9 Å². The van der Waals surface area contributed by atoms with Gasteiger partial charge in [0.25, 0.3) is 0 Å². The lowest BCUT2D eigenvalue weighted by Crippen LogP contribution is -1.96. The van der Waals surface area contributed by atoms with Crippen molar-refractivity contribution >= 4 is 5.97 Å². The highest BCUT2D eigenvalue weighted by molar-refractivity contribution is 5.89. The van der Waals surface area contributed by atoms with Crippen LogP contribution in [0.5, 0.6) is 0 Å². The van der Waals surface area contributed by atoms with Crippen LogP contribution in [-0.4, -0.2) is 18.1 Å². The summed E-state index contributed by atoms with van der Waals surface area (Å²) in [6.07, 6.45) is 1.30. The number of hydrogen-bond donors (Lipinski definition) is 0. The molecular formula is C10H8FNO2. The van der Waals surface area contributed by atoms with Gasteiger partial charge >= 0.3 is 5.97 Å². The molecule has 0 radical (unpaired) electrons. The number of methoxy groups -OCH3 is 1. The average molecular weight is 193 g/mol. The molecule has 0 spiro atoms. The van der Waals surface area contributed by atoms with E-state index in [0.29, 0.717) is 11.1 Å². The highest BCUT2D eigenvalue weighted by atomic mass is 19.1. The van der Waals surface area contributed by atoms with E-state index in [1.54, 1.807) is 6.92 Å². The van der Waals surface area contributed by atoms with Crippen LogP contribution in [0.4, 0.5) is 4.39 Å². The van der Waals surface area contributed by atoms with Gasteiger partial charge in [-0.15, -0.1) is 0 Å². The van der Waals surface area contributed by atoms with E-state index in [2.05, 4.69) is 21.6 Å². The van der Waals surface area contributed by atoms with Gasteiger partial charge in [0.2, 0.25) is 5.95 Å². The summed E-state index contributed by atoms with van der Waals surface area (Å²) in [5.74, 6) is 3.48. The molecule has 0 atom stereocenters. The van der Waals surface area contributed by atoms with Crippen molar-refractivity contribution in [2.75, 3.05) is 7.11 Å². The Bertz CT molecular complexity index is 418. The van der Waals surface area contributed by atoms with Crippen molar-refractivity contribution in [3.63, 3.8) is 0 Å². The highest BCUT2D eigenvalue weighted by Crippen LogP contribution is 2.07. The second-order valence-corrected chi connectivity index (χ2v) is 2.52. The first kappa shape index (κ1) is 10.2. The molecule has 0 N–H and O–H groups in total. The van der Waals surface area contributed by atoms with E-state index in [1.807, 2.05) is 0 Å². The number of ether oxygens (including phenoxy) is 1. The van der Waals surface area contributed by atoms with Crippen LogP contribution in [0.15, 0.2) is 12.3 Å². The smallest absolute Gasteiger partial charge is 0.384 e. The number of hydrogen-bond acceptors (Lipinski definition) is 3. The minimum Gasteiger partial charge on any atom is -0.459 e. The third-order valence-corrected chi connectivity index (χ3v) is 1.63. The van der Waals surface area contributed by atoms with Gasteiger partial charge in [0, 0.05) is 23.2 Å². The summed E-state index contributed by atoms with van der Waals surface area (Å²) in [7, 11) is 1.23. The molecule has 4 heteroatoms. The first-order valence-electron chi connectivity index (χ1n) is 3.86. The summed E-state index contributed by atoms with van der Waals surface area (Å²) in [6, 6.07) is 1.54. The molecule has 0 fully saturated rings. The molecule has 0 saturated carbocycles. The minimum absolute atomic E-state index is 0.323. The van der Waals surface area contributed by atoms with E-state index >= 15 is 0 Å². The molecule has 1 aromatic heterocycles. The van der Waals surface area contributed by atoms with E-state index < -0.39 is 11.9 Å². The normalized spacial score (nSPS) is 8.79. The lowest BCUT2D eigenvalue weighted by atomic mass is 10.1. The number of esters is 1.